The molecule has 2 aromatic carbocycles. The summed E-state index contributed by atoms with van der Waals surface area (Å²) in [7, 11) is -1.97. The molecule has 0 saturated heterocycles. The maximum Gasteiger partial charge on any atom is 0.491 e. The van der Waals surface area contributed by atoms with E-state index in [1.165, 1.54) is 12.8 Å². The van der Waals surface area contributed by atoms with Crippen LogP contribution in [0.15, 0.2) is 99.3 Å². The first-order valence-electron chi connectivity index (χ1n) is 16.3. The van der Waals surface area contributed by atoms with Crippen molar-refractivity contribution in [2.75, 3.05) is 0 Å². The predicted molar refractivity (Wildman–Crippen MR) is 194 cm³/mol. The van der Waals surface area contributed by atoms with Crippen molar-refractivity contribution >= 4 is 39.8 Å². The molecule has 18 heteroatoms. The molecule has 0 unspecified atom stereocenters. The standard InChI is InChI=1S/C18H14F2N4O.C12H11BrN4O.C6H5BF2O2/c1-10(2)18-23-22-15-6-3-11(8-24(15)18)17-16(21-9-25-17)13-7-12(19)4-5-14(13)20;1-7(2)12-16-15-9-4-3-8(5-17(9)12)10-11(13)14-6-18-10;8-4-1-2-6(9)5(3-4)7(10)11/h3-10H,1-2H3;3-7H,1-2H3;1-3,10-11H. The van der Waals surface area contributed by atoms with Crippen LogP contribution < -0.4 is 5.46 Å². The molecule has 2 N–H and O–H groups in total. The van der Waals surface area contributed by atoms with Crippen LogP contribution >= 0.6 is 15.9 Å². The van der Waals surface area contributed by atoms with E-state index in [-0.39, 0.29) is 17.2 Å². The molecule has 0 fully saturated rings. The summed E-state index contributed by atoms with van der Waals surface area (Å²) in [6.07, 6.45) is 6.41. The fourth-order valence-electron chi connectivity index (χ4n) is 5.33. The molecule has 54 heavy (non-hydrogen) atoms. The minimum absolute atomic E-state index is 0.0525. The lowest BCUT2D eigenvalue weighted by molar-refractivity contribution is 0.422. The fourth-order valence-corrected chi connectivity index (χ4v) is 5.73. The van der Waals surface area contributed by atoms with E-state index in [4.69, 9.17) is 18.9 Å². The van der Waals surface area contributed by atoms with Gasteiger partial charge in [-0.05, 0) is 76.6 Å². The highest BCUT2D eigenvalue weighted by Gasteiger charge is 2.20. The number of fused-ring (bicyclic) bond motifs is 2. The summed E-state index contributed by atoms with van der Waals surface area (Å²) < 4.78 is 67.9. The quantitative estimate of drug-likeness (QED) is 0.129. The number of hydrogen-bond acceptors (Lipinski definition) is 10. The second-order valence-corrected chi connectivity index (χ2v) is 13.1. The van der Waals surface area contributed by atoms with Crippen LogP contribution in [0.25, 0.3) is 45.2 Å². The zero-order valence-corrected chi connectivity index (χ0v) is 30.6. The third-order valence-corrected chi connectivity index (χ3v) is 8.49. The molecule has 276 valence electrons. The Morgan fingerprint density at radius 3 is 1.69 bits per heavy atom. The summed E-state index contributed by atoms with van der Waals surface area (Å²) in [6.45, 7) is 8.22. The van der Waals surface area contributed by atoms with Gasteiger partial charge in [-0.2, -0.15) is 0 Å². The third kappa shape index (κ3) is 8.09. The van der Waals surface area contributed by atoms with Crippen molar-refractivity contribution in [1.29, 1.82) is 0 Å². The van der Waals surface area contributed by atoms with Crippen LogP contribution in [-0.4, -0.2) is 56.3 Å². The average Bonchev–Trinajstić information content (AvgIpc) is 3.96. The van der Waals surface area contributed by atoms with Crippen LogP contribution in [0.4, 0.5) is 17.6 Å². The topological polar surface area (TPSA) is 153 Å². The molecular formula is C36H30BBrF4N8O4. The molecule has 0 radical (unpaired) electrons. The van der Waals surface area contributed by atoms with Gasteiger partial charge < -0.3 is 18.9 Å². The third-order valence-electron chi connectivity index (χ3n) is 7.93. The molecule has 0 amide bonds. The fraction of sp³-hybridized carbons (Fsp3) is 0.167. The Kier molecular flexibility index (Phi) is 11.3. The van der Waals surface area contributed by atoms with E-state index in [2.05, 4.69) is 60.1 Å². The first kappa shape index (κ1) is 38.0. The van der Waals surface area contributed by atoms with Gasteiger partial charge in [0.1, 0.15) is 40.6 Å². The molecule has 6 heterocycles. The molecule has 6 aromatic heterocycles. The molecule has 0 saturated carbocycles. The summed E-state index contributed by atoms with van der Waals surface area (Å²) in [4.78, 5) is 8.10. The van der Waals surface area contributed by atoms with E-state index in [0.29, 0.717) is 33.3 Å². The minimum atomic E-state index is -1.97. The van der Waals surface area contributed by atoms with Crippen LogP contribution in [0, 0.1) is 23.3 Å². The van der Waals surface area contributed by atoms with Crippen molar-refractivity contribution in [3.8, 4) is 33.9 Å². The summed E-state index contributed by atoms with van der Waals surface area (Å²) in [5.74, 6) is 0.656. The Hall–Kier alpha value is -5.72. The number of oxazole rings is 2. The Morgan fingerprint density at radius 2 is 1.17 bits per heavy atom. The molecule has 12 nitrogen and oxygen atoms in total. The second kappa shape index (κ2) is 16.1. The molecule has 8 rings (SSSR count). The van der Waals surface area contributed by atoms with Crippen LogP contribution in [0.3, 0.4) is 0 Å². The monoisotopic (exact) mass is 804 g/mol. The van der Waals surface area contributed by atoms with Gasteiger partial charge >= 0.3 is 7.12 Å². The molecule has 0 aliphatic carbocycles. The maximum atomic E-state index is 14.1. The van der Waals surface area contributed by atoms with Crippen molar-refractivity contribution in [2.24, 2.45) is 0 Å². The van der Waals surface area contributed by atoms with Crippen LogP contribution in [0.1, 0.15) is 51.2 Å². The molecule has 0 bridgehead atoms. The number of pyridine rings is 2. The second-order valence-electron chi connectivity index (χ2n) is 12.4. The van der Waals surface area contributed by atoms with Gasteiger partial charge in [-0.15, -0.1) is 20.4 Å². The normalized spacial score (nSPS) is 11.2. The molecular weight excluding hydrogens is 775 g/mol. The van der Waals surface area contributed by atoms with E-state index >= 15 is 0 Å². The Morgan fingerprint density at radius 1 is 0.648 bits per heavy atom. The van der Waals surface area contributed by atoms with E-state index < -0.39 is 35.9 Å². The van der Waals surface area contributed by atoms with Crippen molar-refractivity contribution in [3.63, 3.8) is 0 Å². The number of aromatic nitrogens is 8. The van der Waals surface area contributed by atoms with E-state index in [9.17, 15) is 17.6 Å². The van der Waals surface area contributed by atoms with Gasteiger partial charge in [0.2, 0.25) is 0 Å². The zero-order valence-electron chi connectivity index (χ0n) is 29.0. The lowest BCUT2D eigenvalue weighted by atomic mass is 9.80. The van der Waals surface area contributed by atoms with E-state index in [0.717, 1.165) is 59.3 Å². The van der Waals surface area contributed by atoms with Crippen LogP contribution in [0.5, 0.6) is 0 Å². The number of halogens is 5. The van der Waals surface area contributed by atoms with Crippen molar-refractivity contribution in [2.45, 2.75) is 39.5 Å². The molecule has 0 atom stereocenters. The Balaban J connectivity index is 0.000000150. The Bertz CT molecular complexity index is 2550. The SMILES string of the molecule is CC(C)c1nnc2ccc(-c3ocnc3-c3cc(F)ccc3F)cn12.CC(C)c1nnc2ccc(-c3ocnc3Br)cn12.OB(O)c1cc(F)ccc1F. The van der Waals surface area contributed by atoms with Crippen molar-refractivity contribution in [3.05, 3.63) is 125 Å². The van der Waals surface area contributed by atoms with Gasteiger partial charge in [-0.1, -0.05) is 27.7 Å². The highest BCUT2D eigenvalue weighted by atomic mass is 79.9. The lowest BCUT2D eigenvalue weighted by Crippen LogP contribution is -2.32. The smallest absolute Gasteiger partial charge is 0.443 e. The van der Waals surface area contributed by atoms with Crippen molar-refractivity contribution in [1.82, 2.24) is 39.2 Å². The number of nitrogens with zero attached hydrogens (tertiary/aromatic N) is 8. The minimum Gasteiger partial charge on any atom is -0.443 e. The first-order valence-corrected chi connectivity index (χ1v) is 17.1. The lowest BCUT2D eigenvalue weighted by Gasteiger charge is -2.06. The first-order chi connectivity index (χ1) is 25.8. The summed E-state index contributed by atoms with van der Waals surface area (Å²) in [6, 6.07) is 13.2. The molecule has 0 spiro atoms. The van der Waals surface area contributed by atoms with Gasteiger partial charge in [-0.25, -0.2) is 27.5 Å². The predicted octanol–water partition coefficient (Wildman–Crippen LogP) is 7.37. The van der Waals surface area contributed by atoms with Crippen LogP contribution in [0.2, 0.25) is 0 Å². The highest BCUT2D eigenvalue weighted by Crippen LogP contribution is 2.33. The van der Waals surface area contributed by atoms with E-state index in [1.54, 1.807) is 12.1 Å². The number of rotatable bonds is 6. The van der Waals surface area contributed by atoms with E-state index in [1.807, 2.05) is 47.2 Å². The molecule has 8 aromatic rings. The van der Waals surface area contributed by atoms with Gasteiger partial charge in [0.15, 0.2) is 40.2 Å². The number of hydrogen-bond donors (Lipinski definition) is 2. The maximum absolute atomic E-state index is 14.1. The number of benzene rings is 2. The average molecular weight is 805 g/mol. The van der Waals surface area contributed by atoms with Gasteiger partial charge in [0, 0.05) is 46.4 Å². The highest BCUT2D eigenvalue weighted by molar-refractivity contribution is 9.10. The van der Waals surface area contributed by atoms with Crippen LogP contribution in [-0.2, 0) is 0 Å². The Labute approximate surface area is 313 Å². The largest absolute Gasteiger partial charge is 0.491 e. The van der Waals surface area contributed by atoms with Gasteiger partial charge in [-0.3, -0.25) is 8.80 Å². The van der Waals surface area contributed by atoms with Gasteiger partial charge in [0.05, 0.1) is 0 Å². The summed E-state index contributed by atoms with van der Waals surface area (Å²) in [5, 5.41) is 33.6. The molecule has 0 aliphatic rings. The zero-order chi connectivity index (χ0) is 38.7. The summed E-state index contributed by atoms with van der Waals surface area (Å²) >= 11 is 3.36. The van der Waals surface area contributed by atoms with Crippen molar-refractivity contribution < 1.29 is 36.4 Å². The molecule has 0 aliphatic heterocycles. The van der Waals surface area contributed by atoms with Gasteiger partial charge in [0.25, 0.3) is 0 Å². The summed E-state index contributed by atoms with van der Waals surface area (Å²) in [5.41, 5.74) is 2.99.